The van der Waals surface area contributed by atoms with E-state index in [-0.39, 0.29) is 6.10 Å². The average molecular weight is 424 g/mol. The number of fused-ring (bicyclic) bond motifs is 1. The van der Waals surface area contributed by atoms with Crippen LogP contribution < -0.4 is 0 Å². The van der Waals surface area contributed by atoms with Gasteiger partial charge in [0, 0.05) is 5.39 Å². The molecule has 5 heteroatoms. The molecule has 30 heavy (non-hydrogen) atoms. The van der Waals surface area contributed by atoms with E-state index in [4.69, 9.17) is 26.4 Å². The Labute approximate surface area is 181 Å². The Morgan fingerprint density at radius 3 is 2.47 bits per heavy atom. The van der Waals surface area contributed by atoms with Gasteiger partial charge in [-0.2, -0.15) is 0 Å². The average Bonchev–Trinajstić information content (AvgIpc) is 3.55. The van der Waals surface area contributed by atoms with Crippen molar-refractivity contribution in [3.8, 4) is 0 Å². The predicted octanol–water partition coefficient (Wildman–Crippen LogP) is 6.15. The molecule has 2 atom stereocenters. The van der Waals surface area contributed by atoms with Gasteiger partial charge in [-0.25, -0.2) is 4.79 Å². The van der Waals surface area contributed by atoms with Crippen LogP contribution >= 0.6 is 11.6 Å². The van der Waals surface area contributed by atoms with Crippen molar-refractivity contribution in [2.24, 2.45) is 0 Å². The maximum atomic E-state index is 11.1. The van der Waals surface area contributed by atoms with Crippen molar-refractivity contribution in [1.29, 1.82) is 0 Å². The maximum absolute atomic E-state index is 11.1. The van der Waals surface area contributed by atoms with Gasteiger partial charge in [0.1, 0.15) is 6.10 Å². The van der Waals surface area contributed by atoms with E-state index < -0.39 is 12.1 Å². The summed E-state index contributed by atoms with van der Waals surface area (Å²) in [5.41, 5.74) is 4.22. The Hall–Kier alpha value is -2.43. The molecule has 3 aromatic rings. The van der Waals surface area contributed by atoms with Gasteiger partial charge in [0.2, 0.25) is 0 Å². The number of ether oxygens (including phenoxy) is 1. The van der Waals surface area contributed by atoms with Crippen LogP contribution in [0.15, 0.2) is 54.6 Å². The molecule has 0 amide bonds. The fourth-order valence-corrected chi connectivity index (χ4v) is 4.27. The highest BCUT2D eigenvalue weighted by Gasteiger charge is 2.47. The first-order valence-corrected chi connectivity index (χ1v) is 11.0. The van der Waals surface area contributed by atoms with Crippen molar-refractivity contribution >= 4 is 28.5 Å². The molecule has 4 rings (SSSR count). The summed E-state index contributed by atoms with van der Waals surface area (Å²) in [5.74, 6) is -0.879. The van der Waals surface area contributed by atoms with Crippen LogP contribution in [0.2, 0.25) is 5.02 Å². The van der Waals surface area contributed by atoms with Crippen molar-refractivity contribution < 1.29 is 14.6 Å². The zero-order chi connectivity index (χ0) is 20.9. The quantitative estimate of drug-likeness (QED) is 0.314. The summed E-state index contributed by atoms with van der Waals surface area (Å²) in [6.45, 7) is 0. The van der Waals surface area contributed by atoms with Gasteiger partial charge in [-0.1, -0.05) is 73.3 Å². The number of benzene rings is 2. The molecule has 1 saturated heterocycles. The lowest BCUT2D eigenvalue weighted by Crippen LogP contribution is -2.06. The summed E-state index contributed by atoms with van der Waals surface area (Å²) >= 11 is 6.40. The number of rotatable bonds is 10. The fourth-order valence-electron chi connectivity index (χ4n) is 4.02. The summed E-state index contributed by atoms with van der Waals surface area (Å²) in [4.78, 5) is 15.8. The number of pyridine rings is 1. The van der Waals surface area contributed by atoms with Gasteiger partial charge in [0.05, 0.1) is 16.2 Å². The molecule has 2 heterocycles. The SMILES string of the molecule is O=C(O)C1OC1c1ccccc1CCCCCCCc1nc2ccccc2cc1Cl. The number of unbranched alkanes of at least 4 members (excludes halogenated alkanes) is 4. The van der Waals surface area contributed by atoms with Gasteiger partial charge in [-0.05, 0) is 48.9 Å². The minimum absolute atomic E-state index is 0.280. The van der Waals surface area contributed by atoms with Crippen LogP contribution in [0.5, 0.6) is 0 Å². The van der Waals surface area contributed by atoms with E-state index in [0.717, 1.165) is 65.7 Å². The molecule has 1 aliphatic heterocycles. The molecule has 1 fully saturated rings. The fraction of sp³-hybridized carbons (Fsp3) is 0.360. The van der Waals surface area contributed by atoms with Gasteiger partial charge < -0.3 is 9.84 Å². The van der Waals surface area contributed by atoms with Crippen LogP contribution in [0.25, 0.3) is 10.9 Å². The summed E-state index contributed by atoms with van der Waals surface area (Å²) in [6, 6.07) is 18.1. The Bertz CT molecular complexity index is 1040. The highest BCUT2D eigenvalue weighted by Crippen LogP contribution is 2.40. The van der Waals surface area contributed by atoms with Crippen LogP contribution in [0.1, 0.15) is 55.0 Å². The van der Waals surface area contributed by atoms with Crippen LogP contribution in [0, 0.1) is 0 Å². The van der Waals surface area contributed by atoms with Crippen molar-refractivity contribution in [2.45, 2.75) is 57.2 Å². The Morgan fingerprint density at radius 1 is 0.967 bits per heavy atom. The second-order valence-electron chi connectivity index (χ2n) is 7.89. The number of epoxide rings is 1. The predicted molar refractivity (Wildman–Crippen MR) is 119 cm³/mol. The van der Waals surface area contributed by atoms with Crippen molar-refractivity contribution in [3.63, 3.8) is 0 Å². The van der Waals surface area contributed by atoms with Crippen molar-refractivity contribution in [1.82, 2.24) is 4.98 Å². The normalized spacial score (nSPS) is 17.9. The van der Waals surface area contributed by atoms with Crippen LogP contribution in [-0.2, 0) is 22.4 Å². The highest BCUT2D eigenvalue weighted by molar-refractivity contribution is 6.31. The van der Waals surface area contributed by atoms with Gasteiger partial charge in [-0.3, -0.25) is 4.98 Å². The summed E-state index contributed by atoms with van der Waals surface area (Å²) in [6.07, 6.45) is 6.56. The topological polar surface area (TPSA) is 62.7 Å². The molecular formula is C25H26ClNO3. The zero-order valence-electron chi connectivity index (χ0n) is 16.9. The lowest BCUT2D eigenvalue weighted by atomic mass is 9.97. The Balaban J connectivity index is 1.19. The third-order valence-electron chi connectivity index (χ3n) is 5.71. The number of aryl methyl sites for hydroxylation is 2. The molecule has 0 spiro atoms. The number of para-hydroxylation sites is 1. The Morgan fingerprint density at radius 2 is 1.67 bits per heavy atom. The Kier molecular flexibility index (Phi) is 6.66. The number of hydrogen-bond acceptors (Lipinski definition) is 3. The van der Waals surface area contributed by atoms with Crippen LogP contribution in [-0.4, -0.2) is 22.2 Å². The number of carboxylic acids is 1. The van der Waals surface area contributed by atoms with Gasteiger partial charge in [-0.15, -0.1) is 0 Å². The standard InChI is InChI=1S/C25H26ClNO3/c26-20-16-18-12-7-9-14-21(18)27-22(20)15-5-3-1-2-4-10-17-11-6-8-13-19(17)23-24(30-23)25(28)29/h6-9,11-14,16,23-24H,1-5,10,15H2,(H,28,29). The second-order valence-corrected chi connectivity index (χ2v) is 8.30. The first kappa shape index (κ1) is 20.8. The van der Waals surface area contributed by atoms with E-state index >= 15 is 0 Å². The van der Waals surface area contributed by atoms with Gasteiger partial charge >= 0.3 is 5.97 Å². The molecule has 2 aromatic carbocycles. The van der Waals surface area contributed by atoms with Crippen LogP contribution in [0.4, 0.5) is 0 Å². The van der Waals surface area contributed by atoms with E-state index in [0.29, 0.717) is 0 Å². The molecule has 1 aliphatic rings. The third-order valence-corrected chi connectivity index (χ3v) is 6.03. The third kappa shape index (κ3) is 5.00. The minimum atomic E-state index is -0.879. The minimum Gasteiger partial charge on any atom is -0.479 e. The van der Waals surface area contributed by atoms with Crippen molar-refractivity contribution in [3.05, 3.63) is 76.4 Å². The number of aliphatic carboxylic acids is 1. The number of carbonyl (C=O) groups is 1. The monoisotopic (exact) mass is 423 g/mol. The maximum Gasteiger partial charge on any atom is 0.335 e. The number of aromatic nitrogens is 1. The highest BCUT2D eigenvalue weighted by atomic mass is 35.5. The second kappa shape index (κ2) is 9.59. The molecule has 0 radical (unpaired) electrons. The van der Waals surface area contributed by atoms with Gasteiger partial charge in [0.15, 0.2) is 6.10 Å². The molecule has 1 aromatic heterocycles. The molecular weight excluding hydrogens is 398 g/mol. The first-order valence-electron chi connectivity index (χ1n) is 10.6. The van der Waals surface area contributed by atoms with Crippen LogP contribution in [0.3, 0.4) is 0 Å². The zero-order valence-corrected chi connectivity index (χ0v) is 17.6. The van der Waals surface area contributed by atoms with E-state index in [1.165, 1.54) is 12.0 Å². The van der Waals surface area contributed by atoms with E-state index in [1.807, 2.05) is 48.5 Å². The molecule has 1 N–H and O–H groups in total. The summed E-state index contributed by atoms with van der Waals surface area (Å²) < 4.78 is 5.33. The first-order chi connectivity index (χ1) is 14.6. The number of halogens is 1. The number of nitrogens with zero attached hydrogens (tertiary/aromatic N) is 1. The largest absolute Gasteiger partial charge is 0.479 e. The summed E-state index contributed by atoms with van der Waals surface area (Å²) in [5, 5.41) is 10.9. The molecule has 4 nitrogen and oxygen atoms in total. The molecule has 0 bridgehead atoms. The van der Waals surface area contributed by atoms with Gasteiger partial charge in [0.25, 0.3) is 0 Å². The molecule has 0 aliphatic carbocycles. The van der Waals surface area contributed by atoms with Crippen molar-refractivity contribution in [2.75, 3.05) is 0 Å². The molecule has 2 unspecified atom stereocenters. The van der Waals surface area contributed by atoms with E-state index in [1.54, 1.807) is 0 Å². The van der Waals surface area contributed by atoms with E-state index in [2.05, 4.69) is 6.07 Å². The number of hydrogen-bond donors (Lipinski definition) is 1. The lowest BCUT2D eigenvalue weighted by molar-refractivity contribution is -0.138. The van der Waals surface area contributed by atoms with E-state index in [9.17, 15) is 4.79 Å². The smallest absolute Gasteiger partial charge is 0.335 e. The molecule has 0 saturated carbocycles. The summed E-state index contributed by atoms with van der Waals surface area (Å²) in [7, 11) is 0. The lowest BCUT2D eigenvalue weighted by Gasteiger charge is -2.08. The molecule has 156 valence electrons. The number of carboxylic acid groups (broad SMARTS) is 1.